The highest BCUT2D eigenvalue weighted by molar-refractivity contribution is 6.56. The van der Waals surface area contributed by atoms with E-state index in [0.29, 0.717) is 12.0 Å². The van der Waals surface area contributed by atoms with Crippen LogP contribution in [0, 0.1) is 0 Å². The highest BCUT2D eigenvalue weighted by Gasteiger charge is 2.13. The molecule has 0 amide bonds. The van der Waals surface area contributed by atoms with E-state index >= 15 is 0 Å². The fourth-order valence-electron chi connectivity index (χ4n) is 0.842. The summed E-state index contributed by atoms with van der Waals surface area (Å²) in [6, 6.07) is 0. The number of carbonyl (C=O) groups is 1. The van der Waals surface area contributed by atoms with E-state index in [0.717, 1.165) is 12.8 Å². The fourth-order valence-corrected chi connectivity index (χ4v) is 1.26. The number of carboxylic acid groups (broad SMARTS) is 1. The van der Waals surface area contributed by atoms with Gasteiger partial charge in [0.2, 0.25) is 0 Å². The van der Waals surface area contributed by atoms with E-state index in [1.54, 1.807) is 0 Å². The van der Waals surface area contributed by atoms with Crippen LogP contribution in [0.1, 0.15) is 26.2 Å². The summed E-state index contributed by atoms with van der Waals surface area (Å²) in [5.41, 5.74) is 0.408. The van der Waals surface area contributed by atoms with E-state index in [4.69, 9.17) is 28.3 Å². The molecule has 0 fully saturated rings. The van der Waals surface area contributed by atoms with Gasteiger partial charge in [-0.05, 0) is 18.4 Å². The lowest BCUT2D eigenvalue weighted by Gasteiger charge is -2.06. The van der Waals surface area contributed by atoms with Gasteiger partial charge in [0, 0.05) is 0 Å². The maximum Gasteiger partial charge on any atom is 0.335 e. The molecule has 4 heteroatoms. The van der Waals surface area contributed by atoms with Crippen molar-refractivity contribution >= 4 is 29.2 Å². The zero-order valence-corrected chi connectivity index (χ0v) is 8.95. The number of rotatable bonds is 5. The maximum absolute atomic E-state index is 10.6. The zero-order chi connectivity index (χ0) is 10.4. The Morgan fingerprint density at radius 1 is 1.46 bits per heavy atom. The minimum absolute atomic E-state index is 0.000787. The molecule has 0 saturated carbocycles. The van der Waals surface area contributed by atoms with Crippen LogP contribution in [0.25, 0.3) is 0 Å². The number of aliphatic carboxylic acids is 1. The van der Waals surface area contributed by atoms with Gasteiger partial charge in [0.15, 0.2) is 0 Å². The summed E-state index contributed by atoms with van der Waals surface area (Å²) >= 11 is 11.1. The predicted molar refractivity (Wildman–Crippen MR) is 55.0 cm³/mol. The largest absolute Gasteiger partial charge is 0.478 e. The third-order valence-corrected chi connectivity index (χ3v) is 2.09. The van der Waals surface area contributed by atoms with Gasteiger partial charge in [0.1, 0.15) is 4.49 Å². The number of halogens is 2. The Kier molecular flexibility index (Phi) is 5.84. The van der Waals surface area contributed by atoms with E-state index in [1.165, 1.54) is 0 Å². The lowest BCUT2D eigenvalue weighted by atomic mass is 10.0. The number of hydrogen-bond acceptors (Lipinski definition) is 1. The van der Waals surface area contributed by atoms with Gasteiger partial charge in [-0.3, -0.25) is 0 Å². The van der Waals surface area contributed by atoms with E-state index in [9.17, 15) is 4.79 Å². The van der Waals surface area contributed by atoms with Crippen LogP contribution in [-0.4, -0.2) is 11.1 Å². The Hall–Kier alpha value is -0.470. The Balaban J connectivity index is 4.55. The molecule has 0 atom stereocenters. The molecule has 0 radical (unpaired) electrons. The number of carboxylic acids is 1. The van der Waals surface area contributed by atoms with Crippen molar-refractivity contribution in [1.82, 2.24) is 0 Å². The smallest absolute Gasteiger partial charge is 0.335 e. The molecule has 0 saturated heterocycles. The molecule has 0 bridgehead atoms. The zero-order valence-electron chi connectivity index (χ0n) is 7.44. The molecule has 74 valence electrons. The summed E-state index contributed by atoms with van der Waals surface area (Å²) in [5.74, 6) is -1.08. The van der Waals surface area contributed by atoms with Crippen LogP contribution in [0.15, 0.2) is 22.2 Å². The SMILES string of the molecule is C=C(C(=O)O)C(CCCC)=C(Cl)Cl. The molecule has 0 heterocycles. The van der Waals surface area contributed by atoms with Gasteiger partial charge >= 0.3 is 5.97 Å². The Morgan fingerprint density at radius 2 is 2.00 bits per heavy atom. The van der Waals surface area contributed by atoms with Gasteiger partial charge < -0.3 is 5.11 Å². The summed E-state index contributed by atoms with van der Waals surface area (Å²) in [7, 11) is 0. The predicted octanol–water partition coefficient (Wildman–Crippen LogP) is 3.51. The van der Waals surface area contributed by atoms with E-state index < -0.39 is 5.97 Å². The molecule has 1 N–H and O–H groups in total. The molecule has 0 aliphatic rings. The minimum atomic E-state index is -1.08. The maximum atomic E-state index is 10.6. The van der Waals surface area contributed by atoms with Crippen molar-refractivity contribution in [3.05, 3.63) is 22.2 Å². The molecular weight excluding hydrogens is 211 g/mol. The first kappa shape index (κ1) is 12.5. The van der Waals surface area contributed by atoms with Gasteiger partial charge in [0.25, 0.3) is 0 Å². The topological polar surface area (TPSA) is 37.3 Å². The molecular formula is C9H12Cl2O2. The van der Waals surface area contributed by atoms with Crippen LogP contribution in [0.5, 0.6) is 0 Å². The van der Waals surface area contributed by atoms with E-state index in [2.05, 4.69) is 6.58 Å². The molecule has 0 rings (SSSR count). The van der Waals surface area contributed by atoms with Crippen molar-refractivity contribution in [2.45, 2.75) is 26.2 Å². The summed E-state index contributed by atoms with van der Waals surface area (Å²) in [4.78, 5) is 10.6. The average Bonchev–Trinajstić information content (AvgIpc) is 2.04. The first-order valence-electron chi connectivity index (χ1n) is 3.97. The van der Waals surface area contributed by atoms with Gasteiger partial charge in [0.05, 0.1) is 5.57 Å². The van der Waals surface area contributed by atoms with Gasteiger partial charge in [-0.15, -0.1) is 0 Å². The normalized spacial score (nSPS) is 9.46. The van der Waals surface area contributed by atoms with Crippen LogP contribution >= 0.6 is 23.2 Å². The molecule has 0 aromatic heterocycles. The second-order valence-corrected chi connectivity index (χ2v) is 3.58. The Labute approximate surface area is 87.8 Å². The van der Waals surface area contributed by atoms with Crippen molar-refractivity contribution in [2.24, 2.45) is 0 Å². The van der Waals surface area contributed by atoms with Gasteiger partial charge in [-0.2, -0.15) is 0 Å². The molecule has 0 spiro atoms. The van der Waals surface area contributed by atoms with Crippen molar-refractivity contribution in [1.29, 1.82) is 0 Å². The molecule has 13 heavy (non-hydrogen) atoms. The highest BCUT2D eigenvalue weighted by Crippen LogP contribution is 2.25. The number of hydrogen-bond donors (Lipinski definition) is 1. The molecule has 0 aromatic rings. The summed E-state index contributed by atoms with van der Waals surface area (Å²) in [5, 5.41) is 8.65. The Morgan fingerprint density at radius 3 is 2.31 bits per heavy atom. The van der Waals surface area contributed by atoms with E-state index in [-0.39, 0.29) is 10.1 Å². The van der Waals surface area contributed by atoms with E-state index in [1.807, 2.05) is 6.92 Å². The van der Waals surface area contributed by atoms with Gasteiger partial charge in [-0.25, -0.2) is 4.79 Å². The first-order valence-corrected chi connectivity index (χ1v) is 4.73. The van der Waals surface area contributed by atoms with Crippen LogP contribution in [0.3, 0.4) is 0 Å². The second-order valence-electron chi connectivity index (χ2n) is 2.63. The van der Waals surface area contributed by atoms with Crippen LogP contribution in [0.4, 0.5) is 0 Å². The molecule has 0 unspecified atom stereocenters. The standard InChI is InChI=1S/C9H12Cl2O2/c1-3-4-5-7(8(10)11)6(2)9(12)13/h2-5H2,1H3,(H,12,13). The highest BCUT2D eigenvalue weighted by atomic mass is 35.5. The van der Waals surface area contributed by atoms with Crippen molar-refractivity contribution in [3.63, 3.8) is 0 Å². The van der Waals surface area contributed by atoms with Crippen molar-refractivity contribution in [2.75, 3.05) is 0 Å². The molecule has 0 aromatic carbocycles. The number of unbranched alkanes of at least 4 members (excludes halogenated alkanes) is 1. The van der Waals surface area contributed by atoms with Crippen LogP contribution in [-0.2, 0) is 4.79 Å². The average molecular weight is 223 g/mol. The second kappa shape index (κ2) is 6.06. The molecule has 2 nitrogen and oxygen atoms in total. The lowest BCUT2D eigenvalue weighted by Crippen LogP contribution is -2.02. The quantitative estimate of drug-likeness (QED) is 0.572. The van der Waals surface area contributed by atoms with Crippen molar-refractivity contribution in [3.8, 4) is 0 Å². The summed E-state index contributed by atoms with van der Waals surface area (Å²) in [6.45, 7) is 5.41. The first-order chi connectivity index (χ1) is 6.00. The molecule has 0 aliphatic carbocycles. The third-order valence-electron chi connectivity index (χ3n) is 1.63. The summed E-state index contributed by atoms with van der Waals surface area (Å²) < 4.78 is 0.000787. The van der Waals surface area contributed by atoms with Crippen LogP contribution in [0.2, 0.25) is 0 Å². The fraction of sp³-hybridized carbons (Fsp3) is 0.444. The summed E-state index contributed by atoms with van der Waals surface area (Å²) in [6.07, 6.45) is 2.37. The van der Waals surface area contributed by atoms with Crippen molar-refractivity contribution < 1.29 is 9.90 Å². The Bertz CT molecular complexity index is 240. The third kappa shape index (κ3) is 4.34. The van der Waals surface area contributed by atoms with Gasteiger partial charge in [-0.1, -0.05) is 43.1 Å². The monoisotopic (exact) mass is 222 g/mol. The van der Waals surface area contributed by atoms with Crippen LogP contribution < -0.4 is 0 Å². The minimum Gasteiger partial charge on any atom is -0.478 e. The lowest BCUT2D eigenvalue weighted by molar-refractivity contribution is -0.132. The molecule has 0 aliphatic heterocycles.